The molecule has 0 bridgehead atoms. The van der Waals surface area contributed by atoms with Crippen molar-refractivity contribution < 1.29 is 9.21 Å². The molecule has 0 radical (unpaired) electrons. The average Bonchev–Trinajstić information content (AvgIpc) is 2.91. The first-order valence-corrected chi connectivity index (χ1v) is 6.91. The molecule has 4 nitrogen and oxygen atoms in total. The van der Waals surface area contributed by atoms with Crippen molar-refractivity contribution in [3.63, 3.8) is 0 Å². The summed E-state index contributed by atoms with van der Waals surface area (Å²) < 4.78 is 5.59. The van der Waals surface area contributed by atoms with Crippen molar-refractivity contribution in [3.8, 4) is 0 Å². The Labute approximate surface area is 122 Å². The molecule has 106 valence electrons. The zero-order valence-corrected chi connectivity index (χ0v) is 11.8. The predicted octanol–water partition coefficient (Wildman–Crippen LogP) is 3.11. The lowest BCUT2D eigenvalue weighted by atomic mass is 10.2. The molecular formula is C17H16N2O2. The highest BCUT2D eigenvalue weighted by molar-refractivity contribution is 5.96. The maximum absolute atomic E-state index is 12.1. The van der Waals surface area contributed by atoms with Crippen LogP contribution in [0.2, 0.25) is 0 Å². The molecule has 0 unspecified atom stereocenters. The van der Waals surface area contributed by atoms with Crippen LogP contribution in [0.4, 0.5) is 0 Å². The highest BCUT2D eigenvalue weighted by atomic mass is 16.3. The van der Waals surface area contributed by atoms with Gasteiger partial charge < -0.3 is 9.73 Å². The van der Waals surface area contributed by atoms with Crippen LogP contribution in [0.15, 0.2) is 53.1 Å². The number of hydrogen-bond acceptors (Lipinski definition) is 3. The molecule has 0 aliphatic heterocycles. The smallest absolute Gasteiger partial charge is 0.287 e. The number of rotatable bonds is 4. The molecule has 1 N–H and O–H groups in total. The minimum Gasteiger partial charge on any atom is -0.451 e. The number of carbonyl (C=O) groups excluding carboxylic acids is 1. The second kappa shape index (κ2) is 5.79. The van der Waals surface area contributed by atoms with Gasteiger partial charge in [0.1, 0.15) is 5.58 Å². The van der Waals surface area contributed by atoms with E-state index in [1.165, 1.54) is 0 Å². The fourth-order valence-corrected chi connectivity index (χ4v) is 2.19. The molecule has 0 atom stereocenters. The summed E-state index contributed by atoms with van der Waals surface area (Å²) >= 11 is 0. The normalized spacial score (nSPS) is 10.7. The summed E-state index contributed by atoms with van der Waals surface area (Å²) in [5.41, 5.74) is 2.81. The molecular weight excluding hydrogens is 264 g/mol. The van der Waals surface area contributed by atoms with Gasteiger partial charge in [-0.25, -0.2) is 0 Å². The number of carbonyl (C=O) groups is 1. The van der Waals surface area contributed by atoms with E-state index in [1.807, 2.05) is 43.3 Å². The lowest BCUT2D eigenvalue weighted by molar-refractivity contribution is 0.0928. The van der Waals surface area contributed by atoms with Crippen LogP contribution in [-0.2, 0) is 6.42 Å². The first-order chi connectivity index (χ1) is 10.2. The van der Waals surface area contributed by atoms with E-state index in [1.54, 1.807) is 12.3 Å². The van der Waals surface area contributed by atoms with E-state index in [4.69, 9.17) is 4.42 Å². The largest absolute Gasteiger partial charge is 0.451 e. The van der Waals surface area contributed by atoms with Crippen LogP contribution in [0.5, 0.6) is 0 Å². The van der Waals surface area contributed by atoms with Gasteiger partial charge in [-0.1, -0.05) is 18.2 Å². The number of hydrogen-bond donors (Lipinski definition) is 1. The van der Waals surface area contributed by atoms with Crippen LogP contribution in [-0.4, -0.2) is 17.4 Å². The van der Waals surface area contributed by atoms with E-state index in [2.05, 4.69) is 10.3 Å². The van der Waals surface area contributed by atoms with Crippen molar-refractivity contribution in [1.29, 1.82) is 0 Å². The second-order valence-corrected chi connectivity index (χ2v) is 4.98. The van der Waals surface area contributed by atoms with Crippen LogP contribution in [0.1, 0.15) is 21.8 Å². The molecule has 2 aromatic heterocycles. The number of furan rings is 1. The molecule has 0 aliphatic rings. The quantitative estimate of drug-likeness (QED) is 0.799. The van der Waals surface area contributed by atoms with Gasteiger partial charge in [-0.2, -0.15) is 0 Å². The average molecular weight is 280 g/mol. The monoisotopic (exact) mass is 280 g/mol. The van der Waals surface area contributed by atoms with Gasteiger partial charge in [0.15, 0.2) is 5.76 Å². The second-order valence-electron chi connectivity index (χ2n) is 4.98. The number of aromatic nitrogens is 1. The summed E-state index contributed by atoms with van der Waals surface area (Å²) in [4.78, 5) is 16.3. The summed E-state index contributed by atoms with van der Waals surface area (Å²) in [5, 5.41) is 3.79. The highest BCUT2D eigenvalue weighted by Crippen LogP contribution is 2.20. The van der Waals surface area contributed by atoms with Crippen molar-refractivity contribution >= 4 is 16.9 Å². The maximum atomic E-state index is 12.1. The van der Waals surface area contributed by atoms with E-state index in [-0.39, 0.29) is 5.91 Å². The fraction of sp³-hybridized carbons (Fsp3) is 0.176. The summed E-state index contributed by atoms with van der Waals surface area (Å²) in [7, 11) is 0. The number of aryl methyl sites for hydroxylation is 1. The summed E-state index contributed by atoms with van der Waals surface area (Å²) in [5.74, 6) is 0.149. The molecule has 0 saturated heterocycles. The minimum absolute atomic E-state index is 0.195. The van der Waals surface area contributed by atoms with Gasteiger partial charge in [0, 0.05) is 30.2 Å². The number of nitrogens with zero attached hydrogens (tertiary/aromatic N) is 1. The summed E-state index contributed by atoms with van der Waals surface area (Å²) in [6, 6.07) is 13.4. The molecule has 1 aromatic carbocycles. The number of nitrogens with one attached hydrogen (secondary N) is 1. The van der Waals surface area contributed by atoms with Gasteiger partial charge in [-0.15, -0.1) is 0 Å². The number of fused-ring (bicyclic) bond motifs is 1. The topological polar surface area (TPSA) is 55.1 Å². The number of amides is 1. The first kappa shape index (κ1) is 13.4. The Morgan fingerprint density at radius 1 is 1.24 bits per heavy atom. The van der Waals surface area contributed by atoms with Crippen molar-refractivity contribution in [1.82, 2.24) is 10.3 Å². The molecule has 1 amide bonds. The van der Waals surface area contributed by atoms with E-state index in [9.17, 15) is 4.79 Å². The lowest BCUT2D eigenvalue weighted by Gasteiger charge is -2.02. The molecule has 4 heteroatoms. The molecule has 0 saturated carbocycles. The summed E-state index contributed by atoms with van der Waals surface area (Å²) in [6.45, 7) is 2.53. The third kappa shape index (κ3) is 3.11. The lowest BCUT2D eigenvalue weighted by Crippen LogP contribution is -2.25. The fourth-order valence-electron chi connectivity index (χ4n) is 2.19. The van der Waals surface area contributed by atoms with E-state index in [0.29, 0.717) is 18.7 Å². The molecule has 2 heterocycles. The zero-order valence-electron chi connectivity index (χ0n) is 11.8. The Balaban J connectivity index is 1.64. The van der Waals surface area contributed by atoms with Gasteiger partial charge >= 0.3 is 0 Å². The minimum atomic E-state index is -0.195. The molecule has 21 heavy (non-hydrogen) atoms. The molecule has 0 aliphatic carbocycles. The maximum Gasteiger partial charge on any atom is 0.287 e. The number of benzene rings is 1. The zero-order chi connectivity index (χ0) is 14.7. The standard InChI is InChI=1S/C17H16N2O2/c1-12-5-6-13-11-16(21-15(13)10-12)17(20)19-9-7-14-4-2-3-8-18-14/h2-6,8,10-11H,7,9H2,1H3,(H,19,20). The SMILES string of the molecule is Cc1ccc2cc(C(=O)NCCc3ccccn3)oc2c1. The third-order valence-electron chi connectivity index (χ3n) is 3.29. The van der Waals surface area contributed by atoms with Crippen molar-refractivity contribution in [2.24, 2.45) is 0 Å². The van der Waals surface area contributed by atoms with E-state index >= 15 is 0 Å². The first-order valence-electron chi connectivity index (χ1n) is 6.91. The van der Waals surface area contributed by atoms with Crippen LogP contribution in [0.25, 0.3) is 11.0 Å². The van der Waals surface area contributed by atoms with Crippen molar-refractivity contribution in [2.75, 3.05) is 6.54 Å². The van der Waals surface area contributed by atoms with Crippen LogP contribution < -0.4 is 5.32 Å². The Bertz CT molecular complexity index is 763. The van der Waals surface area contributed by atoms with Gasteiger partial charge in [-0.05, 0) is 36.8 Å². The molecule has 3 aromatic rings. The van der Waals surface area contributed by atoms with E-state index < -0.39 is 0 Å². The highest BCUT2D eigenvalue weighted by Gasteiger charge is 2.11. The van der Waals surface area contributed by atoms with E-state index in [0.717, 1.165) is 22.2 Å². The van der Waals surface area contributed by atoms with Gasteiger partial charge in [0.05, 0.1) is 0 Å². The molecule has 3 rings (SSSR count). The van der Waals surface area contributed by atoms with Gasteiger partial charge in [-0.3, -0.25) is 9.78 Å². The van der Waals surface area contributed by atoms with Crippen LogP contribution >= 0.6 is 0 Å². The Morgan fingerprint density at radius 2 is 2.14 bits per heavy atom. The van der Waals surface area contributed by atoms with Crippen LogP contribution in [0.3, 0.4) is 0 Å². The van der Waals surface area contributed by atoms with Gasteiger partial charge in [0.2, 0.25) is 0 Å². The van der Waals surface area contributed by atoms with Crippen molar-refractivity contribution in [2.45, 2.75) is 13.3 Å². The third-order valence-corrected chi connectivity index (χ3v) is 3.29. The van der Waals surface area contributed by atoms with Crippen LogP contribution in [0, 0.1) is 6.92 Å². The van der Waals surface area contributed by atoms with Crippen molar-refractivity contribution in [3.05, 3.63) is 65.7 Å². The Morgan fingerprint density at radius 3 is 2.95 bits per heavy atom. The Hall–Kier alpha value is -2.62. The van der Waals surface area contributed by atoms with Gasteiger partial charge in [0.25, 0.3) is 5.91 Å². The molecule has 0 spiro atoms. The summed E-state index contributed by atoms with van der Waals surface area (Å²) in [6.07, 6.45) is 2.45. The predicted molar refractivity (Wildman–Crippen MR) is 81.2 cm³/mol. The molecule has 0 fully saturated rings. The number of pyridine rings is 1. The Kier molecular flexibility index (Phi) is 3.69.